The molecule has 0 bridgehead atoms. The van der Waals surface area contributed by atoms with Crippen molar-refractivity contribution in [1.82, 2.24) is 15.6 Å². The molecule has 0 aliphatic heterocycles. The highest BCUT2D eigenvalue weighted by atomic mass is 16.4. The number of anilines is 1. The molecule has 0 aliphatic carbocycles. The highest BCUT2D eigenvalue weighted by Gasteiger charge is 2.26. The first-order chi connectivity index (χ1) is 11.9. The van der Waals surface area contributed by atoms with Crippen LogP contribution in [0.5, 0.6) is 0 Å². The van der Waals surface area contributed by atoms with Gasteiger partial charge in [-0.1, -0.05) is 0 Å². The summed E-state index contributed by atoms with van der Waals surface area (Å²) in [7, 11) is 3.91. The number of pyridine rings is 1. The van der Waals surface area contributed by atoms with Gasteiger partial charge in [0.05, 0.1) is 19.4 Å². The molecule has 0 saturated heterocycles. The number of aromatic nitrogens is 1. The number of rotatable bonds is 7. The van der Waals surface area contributed by atoms with E-state index in [2.05, 4.69) is 20.6 Å². The van der Waals surface area contributed by atoms with Gasteiger partial charge in [-0.15, -0.1) is 0 Å². The average Bonchev–Trinajstić information content (AvgIpc) is 3.13. The first kappa shape index (κ1) is 18.8. The minimum atomic E-state index is -1.12. The predicted octanol–water partition coefficient (Wildman–Crippen LogP) is 1.70. The van der Waals surface area contributed by atoms with Crippen molar-refractivity contribution in [3.05, 3.63) is 48.0 Å². The molecule has 7 nitrogen and oxygen atoms in total. The second-order valence-corrected chi connectivity index (χ2v) is 6.22. The van der Waals surface area contributed by atoms with E-state index in [0.717, 1.165) is 17.9 Å². The molecule has 1 atom stereocenters. The molecule has 0 aromatic carbocycles. The summed E-state index contributed by atoms with van der Waals surface area (Å²) in [5.74, 6) is 2.05. The van der Waals surface area contributed by atoms with Gasteiger partial charge in [0, 0.05) is 26.8 Å². The molecule has 0 aliphatic rings. The molecule has 0 saturated carbocycles. The quantitative estimate of drug-likeness (QED) is 0.523. The van der Waals surface area contributed by atoms with Crippen LogP contribution in [0.2, 0.25) is 0 Å². The van der Waals surface area contributed by atoms with Crippen LogP contribution in [0.3, 0.4) is 0 Å². The van der Waals surface area contributed by atoms with Crippen molar-refractivity contribution in [3.63, 3.8) is 0 Å². The van der Waals surface area contributed by atoms with Gasteiger partial charge < -0.3 is 25.1 Å². The molecule has 1 unspecified atom stereocenters. The summed E-state index contributed by atoms with van der Waals surface area (Å²) in [6.45, 7) is 5.23. The SMILES string of the molecule is CCNC(=NCc1ccnc(N(C)C)c1)NCC(C)(O)c1ccco1. The zero-order chi connectivity index (χ0) is 18.3. The van der Waals surface area contributed by atoms with Gasteiger partial charge in [0.1, 0.15) is 17.2 Å². The Bertz CT molecular complexity index is 681. The third-order valence-corrected chi connectivity index (χ3v) is 3.68. The molecule has 0 radical (unpaired) electrons. The summed E-state index contributed by atoms with van der Waals surface area (Å²) in [4.78, 5) is 10.8. The summed E-state index contributed by atoms with van der Waals surface area (Å²) in [6.07, 6.45) is 3.33. The van der Waals surface area contributed by atoms with Crippen molar-refractivity contribution in [2.75, 3.05) is 32.1 Å². The van der Waals surface area contributed by atoms with Gasteiger partial charge >= 0.3 is 0 Å². The minimum Gasteiger partial charge on any atom is -0.466 e. The smallest absolute Gasteiger partial charge is 0.191 e. The number of hydrogen-bond acceptors (Lipinski definition) is 5. The Morgan fingerprint density at radius 3 is 2.80 bits per heavy atom. The van der Waals surface area contributed by atoms with Crippen LogP contribution in [0.4, 0.5) is 5.82 Å². The molecular weight excluding hydrogens is 318 g/mol. The molecule has 0 fully saturated rings. The van der Waals surface area contributed by atoms with Crippen molar-refractivity contribution in [3.8, 4) is 0 Å². The lowest BCUT2D eigenvalue weighted by Crippen LogP contribution is -2.44. The van der Waals surface area contributed by atoms with E-state index in [0.29, 0.717) is 18.3 Å². The van der Waals surface area contributed by atoms with E-state index in [1.807, 2.05) is 38.1 Å². The van der Waals surface area contributed by atoms with Crippen LogP contribution in [-0.4, -0.2) is 43.2 Å². The third kappa shape index (κ3) is 5.49. The molecule has 2 rings (SSSR count). The van der Waals surface area contributed by atoms with Crippen LogP contribution < -0.4 is 15.5 Å². The standard InChI is InChI=1S/C18H27N5O2/c1-5-19-17(22-13-18(2,24)15-7-6-10-25-15)21-12-14-8-9-20-16(11-14)23(3)4/h6-11,24H,5,12-13H2,1-4H3,(H2,19,21,22). The highest BCUT2D eigenvalue weighted by Crippen LogP contribution is 2.19. The largest absolute Gasteiger partial charge is 0.466 e. The van der Waals surface area contributed by atoms with Crippen LogP contribution >= 0.6 is 0 Å². The van der Waals surface area contributed by atoms with Gasteiger partial charge in [-0.3, -0.25) is 0 Å². The Morgan fingerprint density at radius 1 is 1.36 bits per heavy atom. The lowest BCUT2D eigenvalue weighted by molar-refractivity contribution is 0.0386. The second kappa shape index (κ2) is 8.53. The molecule has 7 heteroatoms. The van der Waals surface area contributed by atoms with Crippen molar-refractivity contribution < 1.29 is 9.52 Å². The monoisotopic (exact) mass is 345 g/mol. The van der Waals surface area contributed by atoms with Crippen molar-refractivity contribution in [1.29, 1.82) is 0 Å². The maximum absolute atomic E-state index is 10.5. The maximum atomic E-state index is 10.5. The number of furan rings is 1. The molecule has 0 amide bonds. The van der Waals surface area contributed by atoms with Crippen molar-refractivity contribution in [2.24, 2.45) is 4.99 Å². The predicted molar refractivity (Wildman–Crippen MR) is 99.7 cm³/mol. The zero-order valence-corrected chi connectivity index (χ0v) is 15.3. The van der Waals surface area contributed by atoms with Crippen molar-refractivity contribution in [2.45, 2.75) is 26.0 Å². The van der Waals surface area contributed by atoms with Gasteiger partial charge in [-0.05, 0) is 43.7 Å². The van der Waals surface area contributed by atoms with E-state index in [1.54, 1.807) is 31.5 Å². The summed E-state index contributed by atoms with van der Waals surface area (Å²) >= 11 is 0. The molecule has 2 heterocycles. The maximum Gasteiger partial charge on any atom is 0.191 e. The number of hydrogen-bond donors (Lipinski definition) is 3. The van der Waals surface area contributed by atoms with Gasteiger partial charge in [0.15, 0.2) is 5.96 Å². The van der Waals surface area contributed by atoms with E-state index in [9.17, 15) is 5.11 Å². The van der Waals surface area contributed by atoms with Crippen molar-refractivity contribution >= 4 is 11.8 Å². The number of nitrogens with one attached hydrogen (secondary N) is 2. The molecular formula is C18H27N5O2. The molecule has 3 N–H and O–H groups in total. The number of aliphatic imine (C=N–C) groups is 1. The molecule has 2 aromatic heterocycles. The Morgan fingerprint density at radius 2 is 2.16 bits per heavy atom. The summed E-state index contributed by atoms with van der Waals surface area (Å²) in [5, 5.41) is 16.9. The number of aliphatic hydroxyl groups is 1. The number of guanidine groups is 1. The van der Waals surface area contributed by atoms with Crippen LogP contribution in [0.1, 0.15) is 25.2 Å². The molecule has 2 aromatic rings. The van der Waals surface area contributed by atoms with Crippen LogP contribution in [0, 0.1) is 0 Å². The van der Waals surface area contributed by atoms with Gasteiger partial charge in [0.25, 0.3) is 0 Å². The highest BCUT2D eigenvalue weighted by molar-refractivity contribution is 5.79. The third-order valence-electron chi connectivity index (χ3n) is 3.68. The van der Waals surface area contributed by atoms with Gasteiger partial charge in [0.2, 0.25) is 0 Å². The first-order valence-corrected chi connectivity index (χ1v) is 8.33. The number of nitrogens with zero attached hydrogens (tertiary/aromatic N) is 3. The molecule has 25 heavy (non-hydrogen) atoms. The summed E-state index contributed by atoms with van der Waals surface area (Å²) in [6, 6.07) is 7.46. The Hall–Kier alpha value is -2.54. The average molecular weight is 345 g/mol. The molecule has 0 spiro atoms. The van der Waals surface area contributed by atoms with E-state index in [4.69, 9.17) is 4.42 Å². The van der Waals surface area contributed by atoms with E-state index < -0.39 is 5.60 Å². The lowest BCUT2D eigenvalue weighted by Gasteiger charge is -2.22. The van der Waals surface area contributed by atoms with Crippen LogP contribution in [0.15, 0.2) is 46.1 Å². The van der Waals surface area contributed by atoms with E-state index in [-0.39, 0.29) is 6.54 Å². The van der Waals surface area contributed by atoms with Crippen LogP contribution in [0.25, 0.3) is 0 Å². The topological polar surface area (TPSA) is 85.9 Å². The van der Waals surface area contributed by atoms with Crippen LogP contribution in [-0.2, 0) is 12.1 Å². The fraction of sp³-hybridized carbons (Fsp3) is 0.444. The fourth-order valence-corrected chi connectivity index (χ4v) is 2.24. The summed E-state index contributed by atoms with van der Waals surface area (Å²) < 4.78 is 5.29. The van der Waals surface area contributed by atoms with E-state index in [1.165, 1.54) is 0 Å². The zero-order valence-electron chi connectivity index (χ0n) is 15.3. The summed E-state index contributed by atoms with van der Waals surface area (Å²) in [5.41, 5.74) is -0.0530. The normalized spacial score (nSPS) is 14.0. The second-order valence-electron chi connectivity index (χ2n) is 6.22. The molecule has 136 valence electrons. The van der Waals surface area contributed by atoms with Gasteiger partial charge in [-0.25, -0.2) is 9.98 Å². The Balaban J connectivity index is 2.02. The Kier molecular flexibility index (Phi) is 6.41. The fourth-order valence-electron chi connectivity index (χ4n) is 2.24. The minimum absolute atomic E-state index is 0.283. The lowest BCUT2D eigenvalue weighted by atomic mass is 10.0. The van der Waals surface area contributed by atoms with E-state index >= 15 is 0 Å². The Labute approximate surface area is 148 Å². The van der Waals surface area contributed by atoms with Gasteiger partial charge in [-0.2, -0.15) is 0 Å². The first-order valence-electron chi connectivity index (χ1n) is 8.33.